The number of alkyl halides is 3. The van der Waals surface area contributed by atoms with Crippen molar-refractivity contribution in [3.05, 3.63) is 23.3 Å². The monoisotopic (exact) mass is 285 g/mol. The van der Waals surface area contributed by atoms with E-state index in [1.807, 2.05) is 19.9 Å². The van der Waals surface area contributed by atoms with Gasteiger partial charge in [0.2, 0.25) is 0 Å². The smallest absolute Gasteiger partial charge is 0.204 e. The quantitative estimate of drug-likeness (QED) is 0.762. The summed E-state index contributed by atoms with van der Waals surface area (Å²) in [6.45, 7) is 5.32. The minimum atomic E-state index is -5.25. The molecule has 18 heavy (non-hydrogen) atoms. The summed E-state index contributed by atoms with van der Waals surface area (Å²) in [4.78, 5) is 0. The molecule has 0 aromatic heterocycles. The molecule has 0 rings (SSSR count). The molecule has 0 radical (unpaired) electrons. The maximum absolute atomic E-state index is 12.0. The van der Waals surface area contributed by atoms with Gasteiger partial charge in [0.05, 0.1) is 0 Å². The predicted octanol–water partition coefficient (Wildman–Crippen LogP) is 3.12. The first-order chi connectivity index (χ1) is 8.06. The van der Waals surface area contributed by atoms with Gasteiger partial charge in [-0.15, -0.1) is 0 Å². The third kappa shape index (κ3) is 6.80. The molecule has 0 heterocycles. The van der Waals surface area contributed by atoms with Crippen molar-refractivity contribution in [2.24, 2.45) is 0 Å². The molecule has 0 saturated heterocycles. The fraction of sp³-hybridized carbons (Fsp3) is 0.636. The number of hydrogen-bond donors (Lipinski definition) is 1. The zero-order chi connectivity index (χ0) is 14.4. The van der Waals surface area contributed by atoms with Crippen LogP contribution in [0.25, 0.3) is 0 Å². The molecule has 0 bridgehead atoms. The van der Waals surface area contributed by atoms with Crippen molar-refractivity contribution in [1.82, 2.24) is 4.72 Å². The molecule has 3 nitrogen and oxygen atoms in total. The van der Waals surface area contributed by atoms with Crippen molar-refractivity contribution in [3.63, 3.8) is 0 Å². The van der Waals surface area contributed by atoms with E-state index >= 15 is 0 Å². The molecule has 0 fully saturated rings. The van der Waals surface area contributed by atoms with Crippen molar-refractivity contribution in [3.8, 4) is 0 Å². The van der Waals surface area contributed by atoms with Crippen LogP contribution in [0.4, 0.5) is 13.2 Å². The van der Waals surface area contributed by atoms with E-state index in [0.717, 1.165) is 12.0 Å². The molecule has 0 aliphatic rings. The molecule has 0 amide bonds. The van der Waals surface area contributed by atoms with Gasteiger partial charge >= 0.3 is 15.5 Å². The number of allylic oxidation sites excluding steroid dienone is 3. The maximum Gasteiger partial charge on any atom is 0.511 e. The first-order valence-corrected chi connectivity index (χ1v) is 6.89. The molecule has 0 aromatic carbocycles. The highest BCUT2D eigenvalue weighted by Crippen LogP contribution is 2.21. The lowest BCUT2D eigenvalue weighted by atomic mass is 10.1. The molecule has 1 N–H and O–H groups in total. The lowest BCUT2D eigenvalue weighted by Gasteiger charge is -2.08. The predicted molar refractivity (Wildman–Crippen MR) is 65.4 cm³/mol. The van der Waals surface area contributed by atoms with Gasteiger partial charge in [-0.05, 0) is 33.6 Å². The molecule has 0 spiro atoms. The molecule has 7 heteroatoms. The van der Waals surface area contributed by atoms with E-state index < -0.39 is 15.5 Å². The second kappa shape index (κ2) is 6.94. The van der Waals surface area contributed by atoms with Crippen molar-refractivity contribution in [2.75, 3.05) is 6.54 Å². The fourth-order valence-corrected chi connectivity index (χ4v) is 1.56. The van der Waals surface area contributed by atoms with E-state index in [4.69, 9.17) is 0 Å². The van der Waals surface area contributed by atoms with Crippen LogP contribution in [0.2, 0.25) is 0 Å². The van der Waals surface area contributed by atoms with Gasteiger partial charge in [-0.1, -0.05) is 23.3 Å². The van der Waals surface area contributed by atoms with E-state index in [2.05, 4.69) is 0 Å². The molecule has 0 saturated carbocycles. The van der Waals surface area contributed by atoms with Crippen LogP contribution in [-0.2, 0) is 10.0 Å². The normalized spacial score (nSPS) is 13.6. The van der Waals surface area contributed by atoms with Crippen molar-refractivity contribution in [2.45, 2.75) is 39.1 Å². The van der Waals surface area contributed by atoms with Gasteiger partial charge in [-0.25, -0.2) is 13.1 Å². The minimum absolute atomic E-state index is 0.345. The SMILES string of the molecule is CC(C)=CCC/C(C)=C/CNS(=O)(=O)C(F)(F)F. The third-order valence-electron chi connectivity index (χ3n) is 2.12. The summed E-state index contributed by atoms with van der Waals surface area (Å²) in [5.74, 6) is 0. The summed E-state index contributed by atoms with van der Waals surface area (Å²) in [6.07, 6.45) is 4.94. The Bertz CT molecular complexity index is 418. The Hall–Kier alpha value is -0.820. The third-order valence-corrected chi connectivity index (χ3v) is 3.28. The molecule has 0 aliphatic carbocycles. The highest BCUT2D eigenvalue weighted by Gasteiger charge is 2.45. The van der Waals surface area contributed by atoms with Crippen LogP contribution < -0.4 is 4.72 Å². The average molecular weight is 285 g/mol. The fourth-order valence-electron chi connectivity index (χ4n) is 1.10. The minimum Gasteiger partial charge on any atom is -0.204 e. The van der Waals surface area contributed by atoms with Crippen LogP contribution in [-0.4, -0.2) is 20.5 Å². The molecule has 0 unspecified atom stereocenters. The Morgan fingerprint density at radius 3 is 2.17 bits per heavy atom. The van der Waals surface area contributed by atoms with Crippen molar-refractivity contribution < 1.29 is 21.6 Å². The van der Waals surface area contributed by atoms with Gasteiger partial charge in [0.15, 0.2) is 0 Å². The van der Waals surface area contributed by atoms with Gasteiger partial charge < -0.3 is 0 Å². The van der Waals surface area contributed by atoms with E-state index in [9.17, 15) is 21.6 Å². The second-order valence-corrected chi connectivity index (χ2v) is 5.93. The topological polar surface area (TPSA) is 46.2 Å². The lowest BCUT2D eigenvalue weighted by molar-refractivity contribution is -0.0446. The van der Waals surface area contributed by atoms with E-state index in [1.165, 1.54) is 16.4 Å². The molecular formula is C11H18F3NO2S. The maximum atomic E-state index is 12.0. The van der Waals surface area contributed by atoms with E-state index in [0.29, 0.717) is 6.42 Å². The van der Waals surface area contributed by atoms with Gasteiger partial charge in [0.25, 0.3) is 0 Å². The standard InChI is InChI=1S/C11H18F3NO2S/c1-9(2)5-4-6-10(3)7-8-15-18(16,17)11(12,13)14/h5,7,15H,4,6,8H2,1-3H3/b10-7+. The first-order valence-electron chi connectivity index (χ1n) is 5.41. The number of rotatable bonds is 6. The van der Waals surface area contributed by atoms with Gasteiger partial charge in [0, 0.05) is 6.54 Å². The van der Waals surface area contributed by atoms with Crippen molar-refractivity contribution >= 4 is 10.0 Å². The zero-order valence-corrected chi connectivity index (χ0v) is 11.5. The highest BCUT2D eigenvalue weighted by molar-refractivity contribution is 7.90. The number of hydrogen-bond acceptors (Lipinski definition) is 2. The summed E-state index contributed by atoms with van der Waals surface area (Å²) in [6, 6.07) is 0. The Morgan fingerprint density at radius 1 is 1.17 bits per heavy atom. The molecule has 0 atom stereocenters. The van der Waals surface area contributed by atoms with Crippen molar-refractivity contribution in [1.29, 1.82) is 0 Å². The highest BCUT2D eigenvalue weighted by atomic mass is 32.2. The largest absolute Gasteiger partial charge is 0.511 e. The van der Waals surface area contributed by atoms with Gasteiger partial charge in [-0.2, -0.15) is 13.2 Å². The Kier molecular flexibility index (Phi) is 6.62. The zero-order valence-electron chi connectivity index (χ0n) is 10.6. The molecule has 0 aliphatic heterocycles. The summed E-state index contributed by atoms with van der Waals surface area (Å²) in [7, 11) is -5.23. The Morgan fingerprint density at radius 2 is 1.72 bits per heavy atom. The molecular weight excluding hydrogens is 267 g/mol. The first kappa shape index (κ1) is 17.2. The number of sulfonamides is 1. The second-order valence-electron chi connectivity index (χ2n) is 4.17. The van der Waals surface area contributed by atoms with E-state index in [1.54, 1.807) is 6.92 Å². The summed E-state index contributed by atoms with van der Waals surface area (Å²) >= 11 is 0. The lowest BCUT2D eigenvalue weighted by Crippen LogP contribution is -2.36. The van der Waals surface area contributed by atoms with Crippen LogP contribution in [0.15, 0.2) is 23.3 Å². The Labute approximate surface area is 106 Å². The van der Waals surface area contributed by atoms with Crippen LogP contribution in [0.3, 0.4) is 0 Å². The van der Waals surface area contributed by atoms with E-state index in [-0.39, 0.29) is 6.54 Å². The summed E-state index contributed by atoms with van der Waals surface area (Å²) in [5.41, 5.74) is -3.24. The summed E-state index contributed by atoms with van der Waals surface area (Å²) < 4.78 is 58.7. The average Bonchev–Trinajstić information content (AvgIpc) is 2.14. The van der Waals surface area contributed by atoms with Crippen LogP contribution in [0.5, 0.6) is 0 Å². The van der Waals surface area contributed by atoms with Gasteiger partial charge in [-0.3, -0.25) is 0 Å². The number of nitrogens with one attached hydrogen (secondary N) is 1. The van der Waals surface area contributed by atoms with Crippen LogP contribution >= 0.6 is 0 Å². The molecule has 0 aromatic rings. The number of halogens is 3. The Balaban J connectivity index is 4.22. The van der Waals surface area contributed by atoms with Crippen LogP contribution in [0.1, 0.15) is 33.6 Å². The summed E-state index contributed by atoms with van der Waals surface area (Å²) in [5, 5.41) is 0. The van der Waals surface area contributed by atoms with Crippen LogP contribution in [0, 0.1) is 0 Å². The molecule has 106 valence electrons. The van der Waals surface area contributed by atoms with Gasteiger partial charge in [0.1, 0.15) is 0 Å².